The predicted molar refractivity (Wildman–Crippen MR) is 72.6 cm³/mol. The number of aliphatic hydroxyl groups is 1. The molecule has 0 aromatic heterocycles. The fraction of sp³-hybridized carbons (Fsp3) is 0.600. The normalized spacial score (nSPS) is 23.4. The molecule has 0 saturated heterocycles. The number of methoxy groups -OCH3 is 1. The maximum atomic E-state index is 9.91. The van der Waals surface area contributed by atoms with Crippen molar-refractivity contribution >= 4 is 0 Å². The van der Waals surface area contributed by atoms with Crippen LogP contribution in [0.3, 0.4) is 0 Å². The van der Waals surface area contributed by atoms with Gasteiger partial charge >= 0.3 is 0 Å². The van der Waals surface area contributed by atoms with Crippen molar-refractivity contribution in [3.05, 3.63) is 35.4 Å². The van der Waals surface area contributed by atoms with Crippen molar-refractivity contribution in [2.24, 2.45) is 0 Å². The fourth-order valence-electron chi connectivity index (χ4n) is 2.88. The Hall–Kier alpha value is -0.900. The first-order chi connectivity index (χ1) is 8.82. The summed E-state index contributed by atoms with van der Waals surface area (Å²) in [6.07, 6.45) is 4.45. The van der Waals surface area contributed by atoms with E-state index in [2.05, 4.69) is 29.6 Å². The van der Waals surface area contributed by atoms with Crippen LogP contribution in [0.15, 0.2) is 24.3 Å². The molecule has 100 valence electrons. The zero-order chi connectivity index (χ0) is 12.8. The summed E-state index contributed by atoms with van der Waals surface area (Å²) < 4.78 is 5.10. The number of fused-ring (bicyclic) bond motifs is 1. The van der Waals surface area contributed by atoms with E-state index in [0.29, 0.717) is 6.61 Å². The SMILES string of the molecule is COCCNC1(CO)CCCCc2ccccc21. The molecule has 0 fully saturated rings. The van der Waals surface area contributed by atoms with Gasteiger partial charge in [0.1, 0.15) is 0 Å². The summed E-state index contributed by atoms with van der Waals surface area (Å²) in [6, 6.07) is 8.48. The second-order valence-corrected chi connectivity index (χ2v) is 5.02. The van der Waals surface area contributed by atoms with Crippen LogP contribution in [0, 0.1) is 0 Å². The monoisotopic (exact) mass is 249 g/mol. The van der Waals surface area contributed by atoms with Crippen LogP contribution < -0.4 is 5.32 Å². The Kier molecular flexibility index (Phi) is 4.75. The Balaban J connectivity index is 2.27. The maximum Gasteiger partial charge on any atom is 0.0672 e. The highest BCUT2D eigenvalue weighted by molar-refractivity contribution is 5.35. The average Bonchev–Trinajstić information content (AvgIpc) is 2.60. The van der Waals surface area contributed by atoms with Crippen LogP contribution in [0.25, 0.3) is 0 Å². The number of hydrogen-bond acceptors (Lipinski definition) is 3. The quantitative estimate of drug-likeness (QED) is 0.618. The van der Waals surface area contributed by atoms with Crippen LogP contribution in [-0.4, -0.2) is 32.0 Å². The lowest BCUT2D eigenvalue weighted by Crippen LogP contribution is -2.47. The number of ether oxygens (including phenoxy) is 1. The van der Waals surface area contributed by atoms with Gasteiger partial charge in [0, 0.05) is 13.7 Å². The van der Waals surface area contributed by atoms with Crippen molar-refractivity contribution in [3.63, 3.8) is 0 Å². The minimum atomic E-state index is -0.286. The smallest absolute Gasteiger partial charge is 0.0672 e. The molecule has 1 aliphatic carbocycles. The Labute approximate surface area is 109 Å². The highest BCUT2D eigenvalue weighted by Gasteiger charge is 2.33. The number of aryl methyl sites for hydroxylation is 1. The molecule has 1 unspecified atom stereocenters. The van der Waals surface area contributed by atoms with Gasteiger partial charge in [-0.05, 0) is 30.4 Å². The molecule has 1 atom stereocenters. The van der Waals surface area contributed by atoms with E-state index in [4.69, 9.17) is 4.74 Å². The molecular weight excluding hydrogens is 226 g/mol. The maximum absolute atomic E-state index is 9.91. The molecule has 18 heavy (non-hydrogen) atoms. The molecule has 0 bridgehead atoms. The summed E-state index contributed by atoms with van der Waals surface area (Å²) in [5.74, 6) is 0. The van der Waals surface area contributed by atoms with Gasteiger partial charge in [0.05, 0.1) is 18.8 Å². The van der Waals surface area contributed by atoms with Gasteiger partial charge in [-0.1, -0.05) is 30.7 Å². The summed E-state index contributed by atoms with van der Waals surface area (Å²) in [5, 5.41) is 13.4. The second-order valence-electron chi connectivity index (χ2n) is 5.02. The Bertz CT molecular complexity index is 381. The predicted octanol–water partition coefficient (Wildman–Crippen LogP) is 1.84. The average molecular weight is 249 g/mol. The number of hydrogen-bond donors (Lipinski definition) is 2. The number of nitrogens with one attached hydrogen (secondary N) is 1. The van der Waals surface area contributed by atoms with Gasteiger partial charge in [-0.2, -0.15) is 0 Å². The van der Waals surface area contributed by atoms with Crippen LogP contribution in [0.2, 0.25) is 0 Å². The Morgan fingerprint density at radius 3 is 2.94 bits per heavy atom. The molecule has 0 aliphatic heterocycles. The molecule has 2 N–H and O–H groups in total. The lowest BCUT2D eigenvalue weighted by molar-refractivity contribution is 0.130. The fourth-order valence-corrected chi connectivity index (χ4v) is 2.88. The molecular formula is C15H23NO2. The molecule has 0 radical (unpaired) electrons. The molecule has 1 aromatic rings. The third-order valence-electron chi connectivity index (χ3n) is 3.87. The van der Waals surface area contributed by atoms with Crippen molar-refractivity contribution in [2.75, 3.05) is 26.9 Å². The zero-order valence-electron chi connectivity index (χ0n) is 11.1. The van der Waals surface area contributed by atoms with Crippen LogP contribution in [0.4, 0.5) is 0 Å². The van der Waals surface area contributed by atoms with Crippen LogP contribution in [0.5, 0.6) is 0 Å². The van der Waals surface area contributed by atoms with E-state index in [9.17, 15) is 5.11 Å². The van der Waals surface area contributed by atoms with Gasteiger partial charge in [-0.25, -0.2) is 0 Å². The van der Waals surface area contributed by atoms with Crippen molar-refractivity contribution in [1.82, 2.24) is 5.32 Å². The molecule has 3 nitrogen and oxygen atoms in total. The lowest BCUT2D eigenvalue weighted by Gasteiger charge is -2.34. The van der Waals surface area contributed by atoms with E-state index in [-0.39, 0.29) is 12.1 Å². The summed E-state index contributed by atoms with van der Waals surface area (Å²) in [6.45, 7) is 1.59. The number of aliphatic hydroxyl groups excluding tert-OH is 1. The van der Waals surface area contributed by atoms with Crippen molar-refractivity contribution in [1.29, 1.82) is 0 Å². The summed E-state index contributed by atoms with van der Waals surface area (Å²) in [7, 11) is 1.70. The highest BCUT2D eigenvalue weighted by atomic mass is 16.5. The first-order valence-electron chi connectivity index (χ1n) is 6.75. The van der Waals surface area contributed by atoms with Gasteiger partial charge < -0.3 is 15.2 Å². The van der Waals surface area contributed by atoms with Gasteiger partial charge in [0.25, 0.3) is 0 Å². The van der Waals surface area contributed by atoms with Crippen LogP contribution in [-0.2, 0) is 16.7 Å². The molecule has 0 heterocycles. The van der Waals surface area contributed by atoms with E-state index in [1.165, 1.54) is 17.5 Å². The molecule has 0 saturated carbocycles. The summed E-state index contributed by atoms with van der Waals surface area (Å²) >= 11 is 0. The highest BCUT2D eigenvalue weighted by Crippen LogP contribution is 2.33. The lowest BCUT2D eigenvalue weighted by atomic mass is 9.85. The van der Waals surface area contributed by atoms with E-state index in [1.54, 1.807) is 7.11 Å². The van der Waals surface area contributed by atoms with Gasteiger partial charge in [-0.15, -0.1) is 0 Å². The van der Waals surface area contributed by atoms with Crippen LogP contribution >= 0.6 is 0 Å². The van der Waals surface area contributed by atoms with Gasteiger partial charge in [0.2, 0.25) is 0 Å². The number of benzene rings is 1. The van der Waals surface area contributed by atoms with Gasteiger partial charge in [-0.3, -0.25) is 0 Å². The minimum absolute atomic E-state index is 0.147. The number of rotatable bonds is 5. The largest absolute Gasteiger partial charge is 0.394 e. The first-order valence-corrected chi connectivity index (χ1v) is 6.75. The standard InChI is InChI=1S/C15H23NO2/c1-18-11-10-16-15(12-17)9-5-4-7-13-6-2-3-8-14(13)15/h2-3,6,8,16-17H,4-5,7,9-12H2,1H3. The van der Waals surface area contributed by atoms with E-state index in [1.807, 2.05) is 0 Å². The first kappa shape index (κ1) is 13.5. The Morgan fingerprint density at radius 1 is 1.33 bits per heavy atom. The van der Waals surface area contributed by atoms with Gasteiger partial charge in [0.15, 0.2) is 0 Å². The molecule has 1 aromatic carbocycles. The Morgan fingerprint density at radius 2 is 2.17 bits per heavy atom. The zero-order valence-corrected chi connectivity index (χ0v) is 11.1. The van der Waals surface area contributed by atoms with Crippen LogP contribution in [0.1, 0.15) is 30.4 Å². The van der Waals surface area contributed by atoms with Crippen molar-refractivity contribution in [2.45, 2.75) is 31.2 Å². The van der Waals surface area contributed by atoms with E-state index in [0.717, 1.165) is 25.8 Å². The van der Waals surface area contributed by atoms with Crippen molar-refractivity contribution < 1.29 is 9.84 Å². The summed E-state index contributed by atoms with van der Waals surface area (Å²) in [5.41, 5.74) is 2.35. The minimum Gasteiger partial charge on any atom is -0.394 e. The van der Waals surface area contributed by atoms with E-state index >= 15 is 0 Å². The molecule has 2 rings (SSSR count). The van der Waals surface area contributed by atoms with E-state index < -0.39 is 0 Å². The second kappa shape index (κ2) is 6.32. The molecule has 0 spiro atoms. The summed E-state index contributed by atoms with van der Waals surface area (Å²) in [4.78, 5) is 0. The molecule has 0 amide bonds. The molecule has 1 aliphatic rings. The third-order valence-corrected chi connectivity index (χ3v) is 3.87. The topological polar surface area (TPSA) is 41.5 Å². The van der Waals surface area contributed by atoms with Crippen molar-refractivity contribution in [3.8, 4) is 0 Å². The molecule has 3 heteroatoms. The third kappa shape index (κ3) is 2.74.